The van der Waals surface area contributed by atoms with E-state index in [0.29, 0.717) is 40.1 Å². The topological polar surface area (TPSA) is 127 Å². The molecule has 2 N–H and O–H groups in total. The van der Waals surface area contributed by atoms with Crippen LogP contribution >= 0.6 is 15.9 Å². The van der Waals surface area contributed by atoms with E-state index < -0.39 is 11.9 Å². The van der Waals surface area contributed by atoms with Crippen molar-refractivity contribution in [3.63, 3.8) is 0 Å². The lowest BCUT2D eigenvalue weighted by Gasteiger charge is -2.12. The number of carboxylic acids is 2. The molecule has 0 aliphatic heterocycles. The standard InChI is InChI=1S/C25H21BrN4O5/c1-4-22-28-21-6-5-18(26)11-20(21)23(31)30(22)27-12-17-7-13(2)29(14(17)3)19-9-15(24(32)33)8-16(10-19)25(34)35/h5-12H,4H2,1-3H3,(H,32,33)(H,34,35). The summed E-state index contributed by atoms with van der Waals surface area (Å²) in [5.41, 5.74) is 2.57. The van der Waals surface area contributed by atoms with E-state index in [1.54, 1.807) is 22.9 Å². The molecule has 35 heavy (non-hydrogen) atoms. The van der Waals surface area contributed by atoms with Gasteiger partial charge in [-0.1, -0.05) is 22.9 Å². The van der Waals surface area contributed by atoms with E-state index in [1.807, 2.05) is 32.9 Å². The third-order valence-electron chi connectivity index (χ3n) is 5.64. The molecule has 4 rings (SSSR count). The SMILES string of the molecule is CCc1nc2ccc(Br)cc2c(=O)n1N=Cc1cc(C)n(-c2cc(C(=O)O)cc(C(=O)O)c2)c1C. The van der Waals surface area contributed by atoms with Crippen LogP contribution in [0.3, 0.4) is 0 Å². The predicted molar refractivity (Wildman–Crippen MR) is 135 cm³/mol. The summed E-state index contributed by atoms with van der Waals surface area (Å²) in [5, 5.41) is 23.7. The smallest absolute Gasteiger partial charge is 0.335 e. The van der Waals surface area contributed by atoms with Crippen LogP contribution in [0.25, 0.3) is 16.6 Å². The number of carboxylic acid groups (broad SMARTS) is 2. The second-order valence-corrected chi connectivity index (χ2v) is 8.86. The van der Waals surface area contributed by atoms with Crippen molar-refractivity contribution in [1.82, 2.24) is 14.2 Å². The minimum atomic E-state index is -1.22. The maximum Gasteiger partial charge on any atom is 0.335 e. The second kappa shape index (κ2) is 9.30. The zero-order valence-corrected chi connectivity index (χ0v) is 20.7. The second-order valence-electron chi connectivity index (χ2n) is 7.95. The van der Waals surface area contributed by atoms with Gasteiger partial charge >= 0.3 is 11.9 Å². The number of carbonyl (C=O) groups is 2. The van der Waals surface area contributed by atoms with Crippen LogP contribution in [0.4, 0.5) is 0 Å². The molecular weight excluding hydrogens is 516 g/mol. The minimum Gasteiger partial charge on any atom is -0.478 e. The lowest BCUT2D eigenvalue weighted by atomic mass is 10.1. The van der Waals surface area contributed by atoms with Gasteiger partial charge in [0.05, 0.1) is 28.2 Å². The zero-order chi connectivity index (χ0) is 25.4. The predicted octanol–water partition coefficient (Wildman–Crippen LogP) is 4.41. The molecule has 178 valence electrons. The Kier molecular flexibility index (Phi) is 6.40. The number of aromatic carboxylic acids is 2. The van der Waals surface area contributed by atoms with Crippen molar-refractivity contribution in [2.45, 2.75) is 27.2 Å². The van der Waals surface area contributed by atoms with Crippen LogP contribution in [-0.2, 0) is 6.42 Å². The van der Waals surface area contributed by atoms with Gasteiger partial charge in [0.25, 0.3) is 5.56 Å². The Morgan fingerprint density at radius 2 is 1.71 bits per heavy atom. The third-order valence-corrected chi connectivity index (χ3v) is 6.14. The van der Waals surface area contributed by atoms with E-state index in [0.717, 1.165) is 16.2 Å². The Morgan fingerprint density at radius 1 is 1.06 bits per heavy atom. The monoisotopic (exact) mass is 536 g/mol. The Balaban J connectivity index is 1.83. The highest BCUT2D eigenvalue weighted by molar-refractivity contribution is 9.10. The van der Waals surface area contributed by atoms with Crippen molar-refractivity contribution in [2.75, 3.05) is 0 Å². The normalized spacial score (nSPS) is 11.4. The van der Waals surface area contributed by atoms with E-state index in [1.165, 1.54) is 16.8 Å². The van der Waals surface area contributed by atoms with Gasteiger partial charge in [-0.25, -0.2) is 14.6 Å². The zero-order valence-electron chi connectivity index (χ0n) is 19.1. The fourth-order valence-corrected chi connectivity index (χ4v) is 4.33. The van der Waals surface area contributed by atoms with Crippen LogP contribution in [0.5, 0.6) is 0 Å². The average molecular weight is 537 g/mol. The third kappa shape index (κ3) is 4.52. The number of hydrogen-bond donors (Lipinski definition) is 2. The van der Waals surface area contributed by atoms with Crippen LogP contribution in [0.15, 0.2) is 56.8 Å². The molecule has 0 spiro atoms. The summed E-state index contributed by atoms with van der Waals surface area (Å²) in [6.45, 7) is 5.51. The summed E-state index contributed by atoms with van der Waals surface area (Å²) < 4.78 is 3.78. The highest BCUT2D eigenvalue weighted by Crippen LogP contribution is 2.23. The molecule has 0 aliphatic rings. The van der Waals surface area contributed by atoms with Gasteiger partial charge in [0.2, 0.25) is 0 Å². The molecule has 0 amide bonds. The average Bonchev–Trinajstić information content (AvgIpc) is 3.11. The Morgan fingerprint density at radius 3 is 2.31 bits per heavy atom. The minimum absolute atomic E-state index is 0.129. The Bertz CT molecular complexity index is 1570. The van der Waals surface area contributed by atoms with Gasteiger partial charge in [-0.2, -0.15) is 9.78 Å². The maximum atomic E-state index is 13.1. The molecule has 0 bridgehead atoms. The fourth-order valence-electron chi connectivity index (χ4n) is 3.97. The van der Waals surface area contributed by atoms with Gasteiger partial charge in [0.1, 0.15) is 5.82 Å². The lowest BCUT2D eigenvalue weighted by molar-refractivity contribution is 0.0696. The van der Waals surface area contributed by atoms with E-state index in [2.05, 4.69) is 26.0 Å². The van der Waals surface area contributed by atoms with Crippen molar-refractivity contribution < 1.29 is 19.8 Å². The first-order valence-corrected chi connectivity index (χ1v) is 11.5. The highest BCUT2D eigenvalue weighted by Gasteiger charge is 2.16. The quantitative estimate of drug-likeness (QED) is 0.351. The fraction of sp³-hybridized carbons (Fsp3) is 0.160. The number of halogens is 1. The number of aryl methyl sites for hydroxylation is 2. The Labute approximate surface area is 208 Å². The van der Waals surface area contributed by atoms with Crippen molar-refractivity contribution in [3.8, 4) is 5.69 Å². The summed E-state index contributed by atoms with van der Waals surface area (Å²) >= 11 is 3.38. The molecule has 0 saturated heterocycles. The van der Waals surface area contributed by atoms with Crippen molar-refractivity contribution in [1.29, 1.82) is 0 Å². The number of hydrogen-bond acceptors (Lipinski definition) is 5. The molecule has 4 aromatic rings. The first-order chi connectivity index (χ1) is 16.6. The van der Waals surface area contributed by atoms with Crippen LogP contribution in [0.1, 0.15) is 50.4 Å². The summed E-state index contributed by atoms with van der Waals surface area (Å²) in [6.07, 6.45) is 2.04. The van der Waals surface area contributed by atoms with Crippen LogP contribution < -0.4 is 5.56 Å². The molecule has 0 radical (unpaired) electrons. The van der Waals surface area contributed by atoms with E-state index >= 15 is 0 Å². The maximum absolute atomic E-state index is 13.1. The summed E-state index contributed by atoms with van der Waals surface area (Å²) in [7, 11) is 0. The van der Waals surface area contributed by atoms with Gasteiger partial charge < -0.3 is 14.8 Å². The molecule has 2 aromatic carbocycles. The molecular formula is C25H21BrN4O5. The van der Waals surface area contributed by atoms with Crippen LogP contribution in [0.2, 0.25) is 0 Å². The number of aromatic nitrogens is 3. The van der Waals surface area contributed by atoms with Crippen molar-refractivity contribution in [3.05, 3.63) is 91.2 Å². The van der Waals surface area contributed by atoms with Gasteiger partial charge in [-0.15, -0.1) is 0 Å². The van der Waals surface area contributed by atoms with Gasteiger partial charge in [0, 0.05) is 33.5 Å². The van der Waals surface area contributed by atoms with E-state index in [9.17, 15) is 24.6 Å². The molecule has 9 nitrogen and oxygen atoms in total. The number of rotatable bonds is 6. The largest absolute Gasteiger partial charge is 0.478 e. The Hall–Kier alpha value is -4.05. The summed E-state index contributed by atoms with van der Waals surface area (Å²) in [4.78, 5) is 40.8. The van der Waals surface area contributed by atoms with Crippen molar-refractivity contribution >= 4 is 45.0 Å². The van der Waals surface area contributed by atoms with Gasteiger partial charge in [0.15, 0.2) is 0 Å². The number of nitrogens with zero attached hydrogens (tertiary/aromatic N) is 4. The molecule has 10 heteroatoms. The van der Waals surface area contributed by atoms with Crippen molar-refractivity contribution in [2.24, 2.45) is 5.10 Å². The molecule has 0 unspecified atom stereocenters. The highest BCUT2D eigenvalue weighted by atomic mass is 79.9. The van der Waals surface area contributed by atoms with E-state index in [-0.39, 0.29) is 16.7 Å². The molecule has 0 saturated carbocycles. The molecule has 2 heterocycles. The summed E-state index contributed by atoms with van der Waals surface area (Å²) in [5.74, 6) is -1.93. The van der Waals surface area contributed by atoms with Crippen LogP contribution in [-0.4, -0.2) is 42.6 Å². The first-order valence-electron chi connectivity index (χ1n) is 10.7. The first kappa shape index (κ1) is 24.1. The number of benzene rings is 2. The molecule has 0 aliphatic carbocycles. The molecule has 0 atom stereocenters. The van der Waals surface area contributed by atoms with E-state index in [4.69, 9.17) is 0 Å². The lowest BCUT2D eigenvalue weighted by Crippen LogP contribution is -2.22. The van der Waals surface area contributed by atoms with Gasteiger partial charge in [-0.3, -0.25) is 4.79 Å². The number of fused-ring (bicyclic) bond motifs is 1. The molecule has 0 fully saturated rings. The summed E-state index contributed by atoms with van der Waals surface area (Å²) in [6, 6.07) is 11.1. The van der Waals surface area contributed by atoms with Gasteiger partial charge in [-0.05, 0) is 56.3 Å². The van der Waals surface area contributed by atoms with Crippen LogP contribution in [0, 0.1) is 13.8 Å². The molecule has 2 aromatic heterocycles.